The van der Waals surface area contributed by atoms with Crippen LogP contribution in [0, 0.1) is 0 Å². The topological polar surface area (TPSA) is 74.7 Å². The highest BCUT2D eigenvalue weighted by Crippen LogP contribution is 2.25. The predicted molar refractivity (Wildman–Crippen MR) is 78.7 cm³/mol. The second-order valence-electron chi connectivity index (χ2n) is 4.11. The van der Waals surface area contributed by atoms with Crippen LogP contribution in [0.1, 0.15) is 23.7 Å². The maximum Gasteiger partial charge on any atom is 0.336 e. The van der Waals surface area contributed by atoms with Crippen LogP contribution in [0.15, 0.2) is 15.7 Å². The lowest BCUT2D eigenvalue weighted by Crippen LogP contribution is -2.35. The van der Waals surface area contributed by atoms with Gasteiger partial charge in [0.25, 0.3) is 10.0 Å². The molecule has 108 valence electrons. The summed E-state index contributed by atoms with van der Waals surface area (Å²) in [5, 5.41) is 10.2. The minimum Gasteiger partial charge on any atom is -0.478 e. The Kier molecular flexibility index (Phi) is 5.84. The maximum absolute atomic E-state index is 12.3. The molecule has 1 N–H and O–H groups in total. The Labute approximate surface area is 121 Å². The lowest BCUT2D eigenvalue weighted by molar-refractivity contribution is 0.0697. The van der Waals surface area contributed by atoms with E-state index in [9.17, 15) is 13.2 Å². The van der Waals surface area contributed by atoms with E-state index < -0.39 is 16.0 Å². The number of nitrogens with zero attached hydrogens (tertiary/aromatic N) is 1. The fourth-order valence-electron chi connectivity index (χ4n) is 1.41. The van der Waals surface area contributed by atoms with E-state index in [-0.39, 0.29) is 15.8 Å². The average Bonchev–Trinajstić information content (AvgIpc) is 2.85. The standard InChI is InChI=1S/C11H17NO4S3/c1-8(4-5-17-3)12(2)19(15,16)10-6-9(7-18-10)11(13)14/h6-8H,4-5H2,1-3H3,(H,13,14). The highest BCUT2D eigenvalue weighted by atomic mass is 32.2. The molecule has 1 atom stereocenters. The predicted octanol–water partition coefficient (Wildman–Crippen LogP) is 2.21. The molecule has 1 aromatic heterocycles. The number of hydrogen-bond acceptors (Lipinski definition) is 5. The van der Waals surface area contributed by atoms with Crippen molar-refractivity contribution in [2.24, 2.45) is 0 Å². The van der Waals surface area contributed by atoms with E-state index in [1.54, 1.807) is 11.8 Å². The number of carboxylic acids is 1. The molecule has 0 aromatic carbocycles. The zero-order chi connectivity index (χ0) is 14.6. The normalized spacial score (nSPS) is 13.7. The van der Waals surface area contributed by atoms with E-state index in [2.05, 4.69) is 0 Å². The van der Waals surface area contributed by atoms with Gasteiger partial charge in [0.05, 0.1) is 5.56 Å². The van der Waals surface area contributed by atoms with Crippen LogP contribution in [0.5, 0.6) is 0 Å². The highest BCUT2D eigenvalue weighted by Gasteiger charge is 2.27. The van der Waals surface area contributed by atoms with E-state index in [0.717, 1.165) is 23.5 Å². The molecular weight excluding hydrogens is 306 g/mol. The van der Waals surface area contributed by atoms with Gasteiger partial charge in [0.1, 0.15) is 4.21 Å². The molecule has 0 fully saturated rings. The van der Waals surface area contributed by atoms with Crippen molar-refractivity contribution in [3.63, 3.8) is 0 Å². The summed E-state index contributed by atoms with van der Waals surface area (Å²) in [7, 11) is -2.07. The largest absolute Gasteiger partial charge is 0.478 e. The lowest BCUT2D eigenvalue weighted by Gasteiger charge is -2.23. The number of thiophene rings is 1. The molecule has 19 heavy (non-hydrogen) atoms. The van der Waals surface area contributed by atoms with Crippen molar-refractivity contribution in [1.82, 2.24) is 4.31 Å². The minimum atomic E-state index is -3.60. The highest BCUT2D eigenvalue weighted by molar-refractivity contribution is 7.98. The molecule has 1 rings (SSSR count). The molecule has 1 unspecified atom stereocenters. The molecule has 0 aliphatic heterocycles. The van der Waals surface area contributed by atoms with Crippen molar-refractivity contribution in [1.29, 1.82) is 0 Å². The quantitative estimate of drug-likeness (QED) is 0.832. The van der Waals surface area contributed by atoms with Gasteiger partial charge in [-0.15, -0.1) is 11.3 Å². The Bertz CT molecular complexity index is 538. The Morgan fingerprint density at radius 2 is 2.21 bits per heavy atom. The Hall–Kier alpha value is -0.570. The lowest BCUT2D eigenvalue weighted by atomic mass is 10.3. The summed E-state index contributed by atoms with van der Waals surface area (Å²) in [4.78, 5) is 10.8. The third kappa shape index (κ3) is 3.95. The van der Waals surface area contributed by atoms with Crippen molar-refractivity contribution in [3.8, 4) is 0 Å². The summed E-state index contributed by atoms with van der Waals surface area (Å²) in [6.45, 7) is 1.85. The van der Waals surface area contributed by atoms with Gasteiger partial charge in [0.15, 0.2) is 0 Å². The molecule has 0 aliphatic carbocycles. The molecule has 0 aliphatic rings. The maximum atomic E-state index is 12.3. The van der Waals surface area contributed by atoms with Crippen molar-refractivity contribution >= 4 is 39.1 Å². The minimum absolute atomic E-state index is 0.00809. The van der Waals surface area contributed by atoms with Crippen LogP contribution in [0.4, 0.5) is 0 Å². The van der Waals surface area contributed by atoms with Crippen LogP contribution >= 0.6 is 23.1 Å². The van der Waals surface area contributed by atoms with Crippen LogP contribution in [0.2, 0.25) is 0 Å². The van der Waals surface area contributed by atoms with Gasteiger partial charge in [-0.2, -0.15) is 16.1 Å². The molecular formula is C11H17NO4S3. The first-order valence-electron chi connectivity index (χ1n) is 5.59. The first-order valence-corrected chi connectivity index (χ1v) is 9.31. The van der Waals surface area contributed by atoms with Gasteiger partial charge in [-0.25, -0.2) is 13.2 Å². The molecule has 0 spiro atoms. The third-order valence-corrected chi connectivity index (χ3v) is 6.85. The summed E-state index contributed by atoms with van der Waals surface area (Å²) < 4.78 is 26.0. The molecule has 1 aromatic rings. The molecule has 1 heterocycles. The van der Waals surface area contributed by atoms with E-state index in [4.69, 9.17) is 5.11 Å². The van der Waals surface area contributed by atoms with E-state index in [1.165, 1.54) is 22.8 Å². The Morgan fingerprint density at radius 1 is 1.58 bits per heavy atom. The first kappa shape index (κ1) is 16.5. The number of rotatable bonds is 7. The first-order chi connectivity index (χ1) is 8.80. The van der Waals surface area contributed by atoms with Gasteiger partial charge in [-0.05, 0) is 31.4 Å². The average molecular weight is 323 g/mol. The Balaban J connectivity index is 2.92. The fourth-order valence-corrected chi connectivity index (χ4v) is 4.72. The molecule has 0 amide bonds. The number of hydrogen-bond donors (Lipinski definition) is 1. The number of carboxylic acid groups (broad SMARTS) is 1. The summed E-state index contributed by atoms with van der Waals surface area (Å²) in [5.41, 5.74) is 0.00809. The van der Waals surface area contributed by atoms with Crippen molar-refractivity contribution in [2.75, 3.05) is 19.1 Å². The van der Waals surface area contributed by atoms with Crippen LogP contribution in [-0.2, 0) is 10.0 Å². The number of thioether (sulfide) groups is 1. The SMILES string of the molecule is CSCCC(C)N(C)S(=O)(=O)c1cc(C(=O)O)cs1. The van der Waals surface area contributed by atoms with Gasteiger partial charge in [-0.1, -0.05) is 0 Å². The van der Waals surface area contributed by atoms with Gasteiger partial charge >= 0.3 is 5.97 Å². The molecule has 8 heteroatoms. The zero-order valence-corrected chi connectivity index (χ0v) is 13.4. The number of sulfonamides is 1. The fraction of sp³-hybridized carbons (Fsp3) is 0.545. The summed E-state index contributed by atoms with van der Waals surface area (Å²) in [6, 6.07) is 1.09. The van der Waals surface area contributed by atoms with Crippen LogP contribution < -0.4 is 0 Å². The van der Waals surface area contributed by atoms with Gasteiger partial charge in [-0.3, -0.25) is 0 Å². The van der Waals surface area contributed by atoms with Crippen LogP contribution in [0.3, 0.4) is 0 Å². The molecule has 0 saturated heterocycles. The van der Waals surface area contributed by atoms with E-state index in [0.29, 0.717) is 0 Å². The molecule has 0 bridgehead atoms. The van der Waals surface area contributed by atoms with E-state index in [1.807, 2.05) is 13.2 Å². The zero-order valence-electron chi connectivity index (χ0n) is 11.0. The second-order valence-corrected chi connectivity index (χ2v) is 8.23. The summed E-state index contributed by atoms with van der Waals surface area (Å²) in [5.74, 6) is -0.234. The van der Waals surface area contributed by atoms with Crippen molar-refractivity contribution in [3.05, 3.63) is 17.0 Å². The summed E-state index contributed by atoms with van der Waals surface area (Å²) >= 11 is 2.60. The Morgan fingerprint density at radius 3 is 2.68 bits per heavy atom. The molecule has 0 radical (unpaired) electrons. The number of aromatic carboxylic acids is 1. The van der Waals surface area contributed by atoms with E-state index >= 15 is 0 Å². The van der Waals surface area contributed by atoms with Crippen molar-refractivity contribution < 1.29 is 18.3 Å². The van der Waals surface area contributed by atoms with Gasteiger partial charge in [0, 0.05) is 18.5 Å². The molecule has 0 saturated carbocycles. The second kappa shape index (κ2) is 6.74. The molecule has 5 nitrogen and oxygen atoms in total. The summed E-state index contributed by atoms with van der Waals surface area (Å²) in [6.07, 6.45) is 2.73. The smallest absolute Gasteiger partial charge is 0.336 e. The van der Waals surface area contributed by atoms with Gasteiger partial charge in [0.2, 0.25) is 0 Å². The monoisotopic (exact) mass is 323 g/mol. The third-order valence-electron chi connectivity index (χ3n) is 2.82. The number of carbonyl (C=O) groups is 1. The van der Waals surface area contributed by atoms with Crippen LogP contribution in [-0.4, -0.2) is 48.9 Å². The van der Waals surface area contributed by atoms with Gasteiger partial charge < -0.3 is 5.11 Å². The van der Waals surface area contributed by atoms with Crippen LogP contribution in [0.25, 0.3) is 0 Å². The van der Waals surface area contributed by atoms with Crippen molar-refractivity contribution in [2.45, 2.75) is 23.6 Å².